The van der Waals surface area contributed by atoms with Crippen molar-refractivity contribution in [3.8, 4) is 0 Å². The summed E-state index contributed by atoms with van der Waals surface area (Å²) in [5, 5.41) is 12.8. The summed E-state index contributed by atoms with van der Waals surface area (Å²) in [7, 11) is 0. The first kappa shape index (κ1) is 14.8. The average Bonchev–Trinajstić information content (AvgIpc) is 2.76. The highest BCUT2D eigenvalue weighted by atomic mass is 32.2. The van der Waals surface area contributed by atoms with E-state index >= 15 is 0 Å². The largest absolute Gasteiger partial charge is 0.340 e. The Labute approximate surface area is 129 Å². The van der Waals surface area contributed by atoms with Gasteiger partial charge in [0.05, 0.1) is 0 Å². The van der Waals surface area contributed by atoms with Crippen molar-refractivity contribution < 1.29 is 4.79 Å². The number of aromatic nitrogens is 3. The lowest BCUT2D eigenvalue weighted by molar-refractivity contribution is -0.131. The highest BCUT2D eigenvalue weighted by Crippen LogP contribution is 2.22. The van der Waals surface area contributed by atoms with Crippen LogP contribution in [-0.2, 0) is 17.8 Å². The molecule has 21 heavy (non-hydrogen) atoms. The molecular formula is C14H23N5OS. The van der Waals surface area contributed by atoms with E-state index in [4.69, 9.17) is 0 Å². The number of nitrogens with one attached hydrogen (secondary N) is 1. The number of carbonyl (C=O) groups is 1. The van der Waals surface area contributed by atoms with Crippen LogP contribution in [0.2, 0.25) is 0 Å². The Morgan fingerprint density at radius 1 is 1.14 bits per heavy atom. The van der Waals surface area contributed by atoms with E-state index in [0.717, 1.165) is 55.9 Å². The van der Waals surface area contributed by atoms with Gasteiger partial charge in [-0.05, 0) is 12.8 Å². The molecule has 2 aliphatic heterocycles. The number of piperazine rings is 1. The van der Waals surface area contributed by atoms with Gasteiger partial charge < -0.3 is 14.8 Å². The zero-order valence-electron chi connectivity index (χ0n) is 12.4. The van der Waals surface area contributed by atoms with Crippen LogP contribution in [0.1, 0.15) is 31.5 Å². The summed E-state index contributed by atoms with van der Waals surface area (Å²) in [5.74, 6) is 2.17. The second-order valence-electron chi connectivity index (χ2n) is 5.59. The van der Waals surface area contributed by atoms with Crippen LogP contribution in [0.4, 0.5) is 0 Å². The monoisotopic (exact) mass is 309 g/mol. The molecule has 3 heterocycles. The molecule has 1 aromatic rings. The number of rotatable bonds is 4. The van der Waals surface area contributed by atoms with Crippen LogP contribution in [0.3, 0.4) is 0 Å². The average molecular weight is 309 g/mol. The van der Waals surface area contributed by atoms with Gasteiger partial charge >= 0.3 is 0 Å². The molecule has 6 nitrogen and oxygen atoms in total. The summed E-state index contributed by atoms with van der Waals surface area (Å²) in [6.07, 6.45) is 5.32. The number of nitrogens with zero attached hydrogens (tertiary/aromatic N) is 4. The molecule has 1 N–H and O–H groups in total. The van der Waals surface area contributed by atoms with Crippen molar-refractivity contribution in [2.45, 2.75) is 43.8 Å². The molecular weight excluding hydrogens is 286 g/mol. The lowest BCUT2D eigenvalue weighted by Gasteiger charge is -2.27. The lowest BCUT2D eigenvalue weighted by atomic mass is 10.2. The van der Waals surface area contributed by atoms with Crippen LogP contribution in [0, 0.1) is 0 Å². The van der Waals surface area contributed by atoms with Gasteiger partial charge in [-0.3, -0.25) is 4.79 Å². The first-order chi connectivity index (χ1) is 10.3. The Balaban J connectivity index is 1.49. The van der Waals surface area contributed by atoms with Gasteiger partial charge in [0, 0.05) is 51.3 Å². The number of thioether (sulfide) groups is 1. The fourth-order valence-electron chi connectivity index (χ4n) is 2.87. The molecule has 1 fully saturated rings. The highest BCUT2D eigenvalue weighted by Gasteiger charge is 2.18. The normalized spacial score (nSPS) is 19.1. The van der Waals surface area contributed by atoms with Gasteiger partial charge in [-0.1, -0.05) is 18.2 Å². The Morgan fingerprint density at radius 2 is 2.00 bits per heavy atom. The number of aryl methyl sites for hydroxylation is 1. The second kappa shape index (κ2) is 7.26. The van der Waals surface area contributed by atoms with E-state index in [9.17, 15) is 4.79 Å². The maximum atomic E-state index is 12.1. The summed E-state index contributed by atoms with van der Waals surface area (Å²) in [6.45, 7) is 4.53. The smallest absolute Gasteiger partial charge is 0.223 e. The Kier molecular flexibility index (Phi) is 5.13. The van der Waals surface area contributed by atoms with Crippen molar-refractivity contribution in [3.05, 3.63) is 5.82 Å². The molecule has 3 rings (SSSR count). The van der Waals surface area contributed by atoms with E-state index in [2.05, 4.69) is 20.1 Å². The highest BCUT2D eigenvalue weighted by molar-refractivity contribution is 7.99. The minimum Gasteiger partial charge on any atom is -0.340 e. The minimum absolute atomic E-state index is 0.264. The van der Waals surface area contributed by atoms with Gasteiger partial charge in [0.1, 0.15) is 5.82 Å². The van der Waals surface area contributed by atoms with Gasteiger partial charge in [-0.15, -0.1) is 10.2 Å². The number of hydrogen-bond acceptors (Lipinski definition) is 5. The molecule has 0 atom stereocenters. The molecule has 2 aliphatic rings. The Bertz CT molecular complexity index is 484. The number of fused-ring (bicyclic) bond motifs is 1. The van der Waals surface area contributed by atoms with E-state index < -0.39 is 0 Å². The first-order valence-corrected chi connectivity index (χ1v) is 8.86. The third-order valence-electron chi connectivity index (χ3n) is 4.09. The molecule has 1 saturated heterocycles. The second-order valence-corrected chi connectivity index (χ2v) is 6.65. The molecule has 0 aromatic carbocycles. The van der Waals surface area contributed by atoms with Gasteiger partial charge in [0.2, 0.25) is 5.91 Å². The zero-order chi connectivity index (χ0) is 14.5. The summed E-state index contributed by atoms with van der Waals surface area (Å²) < 4.78 is 2.24. The summed E-state index contributed by atoms with van der Waals surface area (Å²) in [6, 6.07) is 0. The van der Waals surface area contributed by atoms with Crippen LogP contribution in [0.25, 0.3) is 0 Å². The lowest BCUT2D eigenvalue weighted by Crippen LogP contribution is -2.46. The van der Waals surface area contributed by atoms with Crippen LogP contribution in [-0.4, -0.2) is 57.5 Å². The van der Waals surface area contributed by atoms with Gasteiger partial charge in [-0.2, -0.15) is 0 Å². The zero-order valence-corrected chi connectivity index (χ0v) is 13.2. The maximum Gasteiger partial charge on any atom is 0.223 e. The molecule has 7 heteroatoms. The van der Waals surface area contributed by atoms with Crippen molar-refractivity contribution in [2.24, 2.45) is 0 Å². The number of amides is 1. The molecule has 0 saturated carbocycles. The van der Waals surface area contributed by atoms with E-state index in [-0.39, 0.29) is 5.91 Å². The number of hydrogen-bond donors (Lipinski definition) is 1. The molecule has 0 spiro atoms. The van der Waals surface area contributed by atoms with Gasteiger partial charge in [0.25, 0.3) is 0 Å². The minimum atomic E-state index is 0.264. The summed E-state index contributed by atoms with van der Waals surface area (Å²) in [4.78, 5) is 14.1. The predicted molar refractivity (Wildman–Crippen MR) is 82.4 cm³/mol. The van der Waals surface area contributed by atoms with Crippen molar-refractivity contribution in [2.75, 3.05) is 31.9 Å². The fourth-order valence-corrected chi connectivity index (χ4v) is 3.78. The summed E-state index contributed by atoms with van der Waals surface area (Å²) >= 11 is 1.67. The predicted octanol–water partition coefficient (Wildman–Crippen LogP) is 0.918. The Hall–Kier alpha value is -1.08. The van der Waals surface area contributed by atoms with E-state index in [1.165, 1.54) is 19.3 Å². The van der Waals surface area contributed by atoms with Crippen LogP contribution in [0.5, 0.6) is 0 Å². The van der Waals surface area contributed by atoms with Crippen molar-refractivity contribution in [1.82, 2.24) is 25.0 Å². The number of carbonyl (C=O) groups excluding carboxylic acids is 1. The van der Waals surface area contributed by atoms with Crippen molar-refractivity contribution in [3.63, 3.8) is 0 Å². The van der Waals surface area contributed by atoms with Crippen molar-refractivity contribution >= 4 is 17.7 Å². The SMILES string of the molecule is O=C(CCSc1nnc2n1CCCCC2)N1CCNCC1. The third-order valence-corrected chi connectivity index (χ3v) is 5.06. The maximum absolute atomic E-state index is 12.1. The molecule has 0 bridgehead atoms. The fraction of sp³-hybridized carbons (Fsp3) is 0.786. The van der Waals surface area contributed by atoms with Gasteiger partial charge in [0.15, 0.2) is 5.16 Å². The van der Waals surface area contributed by atoms with E-state index in [1.807, 2.05) is 4.90 Å². The molecule has 0 aliphatic carbocycles. The topological polar surface area (TPSA) is 63.1 Å². The van der Waals surface area contributed by atoms with E-state index in [1.54, 1.807) is 11.8 Å². The molecule has 0 radical (unpaired) electrons. The van der Waals surface area contributed by atoms with Crippen LogP contribution >= 0.6 is 11.8 Å². The standard InChI is InChI=1S/C14H23N5OS/c20-13(18-9-6-15-7-10-18)5-11-21-14-17-16-12-4-2-1-3-8-19(12)14/h15H,1-11H2. The molecule has 1 aromatic heterocycles. The summed E-state index contributed by atoms with van der Waals surface area (Å²) in [5.41, 5.74) is 0. The van der Waals surface area contributed by atoms with Crippen LogP contribution in [0.15, 0.2) is 5.16 Å². The first-order valence-electron chi connectivity index (χ1n) is 7.88. The molecule has 1 amide bonds. The van der Waals surface area contributed by atoms with Crippen molar-refractivity contribution in [1.29, 1.82) is 0 Å². The third kappa shape index (κ3) is 3.77. The van der Waals surface area contributed by atoms with Gasteiger partial charge in [-0.25, -0.2) is 0 Å². The quantitative estimate of drug-likeness (QED) is 0.838. The van der Waals surface area contributed by atoms with E-state index in [0.29, 0.717) is 6.42 Å². The Morgan fingerprint density at radius 3 is 2.86 bits per heavy atom. The molecule has 0 unspecified atom stereocenters. The molecule has 116 valence electrons. The van der Waals surface area contributed by atoms with Crippen LogP contribution < -0.4 is 5.32 Å².